The van der Waals surface area contributed by atoms with Gasteiger partial charge in [-0.05, 0) is 31.2 Å². The molecular weight excluding hydrogens is 206 g/mol. The molecule has 15 heavy (non-hydrogen) atoms. The van der Waals surface area contributed by atoms with Gasteiger partial charge >= 0.3 is 0 Å². The van der Waals surface area contributed by atoms with Crippen molar-refractivity contribution in [2.24, 2.45) is 0 Å². The minimum atomic E-state index is 0.0741. The molecule has 0 spiro atoms. The van der Waals surface area contributed by atoms with Gasteiger partial charge in [-0.2, -0.15) is 0 Å². The molecule has 0 N–H and O–H groups in total. The fraction of sp³-hybridized carbons (Fsp3) is 0.500. The van der Waals surface area contributed by atoms with E-state index in [4.69, 9.17) is 0 Å². The predicted octanol–water partition coefficient (Wildman–Crippen LogP) is 3.57. The monoisotopic (exact) mass is 223 g/mol. The molecule has 3 heteroatoms. The Labute approximate surface area is 95.5 Å². The summed E-state index contributed by atoms with van der Waals surface area (Å²) in [7, 11) is 0. The maximum Gasteiger partial charge on any atom is 0.161 e. The number of nitrogens with zero attached hydrogens (tertiary/aromatic N) is 1. The summed E-state index contributed by atoms with van der Waals surface area (Å²) in [6.07, 6.45) is 5.41. The summed E-state index contributed by atoms with van der Waals surface area (Å²) in [4.78, 5) is 15.2. The van der Waals surface area contributed by atoms with E-state index in [0.717, 1.165) is 10.8 Å². The minimum Gasteiger partial charge on any atom is -0.294 e. The second-order valence-corrected chi connectivity index (χ2v) is 4.61. The van der Waals surface area contributed by atoms with E-state index in [1.54, 1.807) is 24.9 Å². The number of hydrogen-bond acceptors (Lipinski definition) is 3. The van der Waals surface area contributed by atoms with Crippen molar-refractivity contribution in [3.63, 3.8) is 0 Å². The van der Waals surface area contributed by atoms with Crippen molar-refractivity contribution < 1.29 is 4.79 Å². The number of hydrogen-bond donors (Lipinski definition) is 0. The zero-order valence-electron chi connectivity index (χ0n) is 9.32. The Hall–Kier alpha value is -0.830. The molecule has 0 aliphatic carbocycles. The lowest BCUT2D eigenvalue weighted by Crippen LogP contribution is -1.93. The van der Waals surface area contributed by atoms with Crippen LogP contribution in [0.4, 0.5) is 0 Å². The van der Waals surface area contributed by atoms with Gasteiger partial charge in [-0.15, -0.1) is 11.8 Å². The maximum atomic E-state index is 11.0. The van der Waals surface area contributed by atoms with Crippen LogP contribution in [0.25, 0.3) is 0 Å². The number of ketones is 1. The molecule has 0 atom stereocenters. The molecule has 0 aliphatic rings. The summed E-state index contributed by atoms with van der Waals surface area (Å²) in [5.41, 5.74) is 0.688. The number of unbranched alkanes of at least 4 members (excludes halogenated alkanes) is 2. The van der Waals surface area contributed by atoms with Crippen molar-refractivity contribution in [2.45, 2.75) is 38.1 Å². The van der Waals surface area contributed by atoms with E-state index < -0.39 is 0 Å². The molecule has 1 aromatic rings. The first-order valence-corrected chi connectivity index (χ1v) is 6.32. The summed E-state index contributed by atoms with van der Waals surface area (Å²) in [6.45, 7) is 3.76. The van der Waals surface area contributed by atoms with E-state index in [1.807, 2.05) is 12.1 Å². The molecule has 0 saturated heterocycles. The third-order valence-electron chi connectivity index (χ3n) is 2.14. The van der Waals surface area contributed by atoms with Gasteiger partial charge in [0, 0.05) is 11.8 Å². The summed E-state index contributed by atoms with van der Waals surface area (Å²) in [6, 6.07) is 3.77. The van der Waals surface area contributed by atoms with E-state index >= 15 is 0 Å². The summed E-state index contributed by atoms with van der Waals surface area (Å²) in [5.74, 6) is 1.19. The third kappa shape index (κ3) is 4.47. The summed E-state index contributed by atoms with van der Waals surface area (Å²) >= 11 is 1.76. The fourth-order valence-corrected chi connectivity index (χ4v) is 2.05. The van der Waals surface area contributed by atoms with Gasteiger partial charge in [-0.1, -0.05) is 19.8 Å². The molecule has 0 aromatic carbocycles. The molecular formula is C12H17NOS. The Morgan fingerprint density at radius 1 is 1.40 bits per heavy atom. The number of aromatic nitrogens is 1. The zero-order chi connectivity index (χ0) is 11.1. The molecule has 0 fully saturated rings. The van der Waals surface area contributed by atoms with E-state index in [1.165, 1.54) is 19.3 Å². The van der Waals surface area contributed by atoms with Crippen LogP contribution in [-0.4, -0.2) is 16.5 Å². The molecule has 1 heterocycles. The smallest absolute Gasteiger partial charge is 0.161 e. The molecule has 0 bridgehead atoms. The van der Waals surface area contributed by atoms with E-state index in [-0.39, 0.29) is 5.78 Å². The highest BCUT2D eigenvalue weighted by molar-refractivity contribution is 7.99. The van der Waals surface area contributed by atoms with Crippen molar-refractivity contribution >= 4 is 17.5 Å². The number of carbonyl (C=O) groups is 1. The first-order valence-electron chi connectivity index (χ1n) is 5.34. The average Bonchev–Trinajstić information content (AvgIpc) is 2.25. The van der Waals surface area contributed by atoms with Gasteiger partial charge in [-0.25, -0.2) is 4.98 Å². The van der Waals surface area contributed by atoms with Crippen LogP contribution in [0.3, 0.4) is 0 Å². The summed E-state index contributed by atoms with van der Waals surface area (Å²) in [5, 5.41) is 1.01. The quantitative estimate of drug-likeness (QED) is 0.419. The van der Waals surface area contributed by atoms with Gasteiger partial charge in [0.1, 0.15) is 0 Å². The van der Waals surface area contributed by atoms with Crippen molar-refractivity contribution in [1.29, 1.82) is 0 Å². The third-order valence-corrected chi connectivity index (χ3v) is 3.17. The van der Waals surface area contributed by atoms with Crippen molar-refractivity contribution in [2.75, 3.05) is 5.75 Å². The van der Waals surface area contributed by atoms with E-state index in [2.05, 4.69) is 11.9 Å². The minimum absolute atomic E-state index is 0.0741. The lowest BCUT2D eigenvalue weighted by atomic mass is 10.2. The Balaban J connectivity index is 2.39. The number of Topliss-reactive ketones (excluding diaryl/α,β-unsaturated/α-hetero) is 1. The Bertz CT molecular complexity index is 308. The fourth-order valence-electron chi connectivity index (χ4n) is 1.20. The molecule has 1 aromatic heterocycles. The van der Waals surface area contributed by atoms with Crippen molar-refractivity contribution in [3.8, 4) is 0 Å². The molecule has 0 unspecified atom stereocenters. The lowest BCUT2D eigenvalue weighted by Gasteiger charge is -2.00. The van der Waals surface area contributed by atoms with Gasteiger partial charge in [0.15, 0.2) is 5.78 Å². The van der Waals surface area contributed by atoms with Gasteiger partial charge in [-0.3, -0.25) is 4.79 Å². The van der Waals surface area contributed by atoms with Crippen LogP contribution < -0.4 is 0 Å². The molecule has 0 saturated carbocycles. The van der Waals surface area contributed by atoms with Crippen LogP contribution in [-0.2, 0) is 0 Å². The van der Waals surface area contributed by atoms with Crippen LogP contribution in [0.1, 0.15) is 43.5 Å². The van der Waals surface area contributed by atoms with Crippen LogP contribution in [0, 0.1) is 0 Å². The highest BCUT2D eigenvalue weighted by Gasteiger charge is 2.00. The first-order chi connectivity index (χ1) is 7.24. The lowest BCUT2D eigenvalue weighted by molar-refractivity contribution is 0.101. The molecule has 1 rings (SSSR count). The Kier molecular flexibility index (Phi) is 5.40. The second-order valence-electron chi connectivity index (χ2n) is 3.50. The number of pyridine rings is 1. The highest BCUT2D eigenvalue weighted by atomic mass is 32.2. The van der Waals surface area contributed by atoms with Crippen LogP contribution in [0.15, 0.2) is 23.4 Å². The van der Waals surface area contributed by atoms with Crippen LogP contribution >= 0.6 is 11.8 Å². The second kappa shape index (κ2) is 6.62. The Morgan fingerprint density at radius 2 is 2.20 bits per heavy atom. The SMILES string of the molecule is CCCCCSc1ccc(C(C)=O)cn1. The first kappa shape index (κ1) is 12.2. The summed E-state index contributed by atoms with van der Waals surface area (Å²) < 4.78 is 0. The zero-order valence-corrected chi connectivity index (χ0v) is 10.1. The maximum absolute atomic E-state index is 11.0. The van der Waals surface area contributed by atoms with Crippen molar-refractivity contribution in [1.82, 2.24) is 4.98 Å². The number of rotatable bonds is 6. The number of carbonyl (C=O) groups excluding carboxylic acids is 1. The van der Waals surface area contributed by atoms with Crippen LogP contribution in [0.2, 0.25) is 0 Å². The Morgan fingerprint density at radius 3 is 2.73 bits per heavy atom. The normalized spacial score (nSPS) is 10.3. The standard InChI is InChI=1S/C12H17NOS/c1-3-4-5-8-15-12-7-6-11(9-13-12)10(2)14/h6-7,9H,3-5,8H2,1-2H3. The molecule has 0 aliphatic heterocycles. The molecule has 2 nitrogen and oxygen atoms in total. The predicted molar refractivity (Wildman–Crippen MR) is 64.5 cm³/mol. The topological polar surface area (TPSA) is 30.0 Å². The van der Waals surface area contributed by atoms with Gasteiger partial charge in [0.25, 0.3) is 0 Å². The molecule has 0 radical (unpaired) electrons. The van der Waals surface area contributed by atoms with Crippen LogP contribution in [0.5, 0.6) is 0 Å². The average molecular weight is 223 g/mol. The van der Waals surface area contributed by atoms with E-state index in [0.29, 0.717) is 5.56 Å². The van der Waals surface area contributed by atoms with Gasteiger partial charge in [0.2, 0.25) is 0 Å². The van der Waals surface area contributed by atoms with Gasteiger partial charge < -0.3 is 0 Å². The molecule has 82 valence electrons. The van der Waals surface area contributed by atoms with Crippen molar-refractivity contribution in [3.05, 3.63) is 23.9 Å². The largest absolute Gasteiger partial charge is 0.294 e. The van der Waals surface area contributed by atoms with E-state index in [9.17, 15) is 4.79 Å². The van der Waals surface area contributed by atoms with Gasteiger partial charge in [0.05, 0.1) is 5.03 Å². The number of thioether (sulfide) groups is 1. The molecule has 0 amide bonds. The highest BCUT2D eigenvalue weighted by Crippen LogP contribution is 2.17.